The van der Waals surface area contributed by atoms with Gasteiger partial charge in [-0.05, 0) is 26.2 Å². The number of hydrogen-bond acceptors (Lipinski definition) is 3. The van der Waals surface area contributed by atoms with E-state index in [1.165, 1.54) is 0 Å². The first-order chi connectivity index (χ1) is 6.57. The van der Waals surface area contributed by atoms with E-state index in [2.05, 4.69) is 4.98 Å². The van der Waals surface area contributed by atoms with Crippen molar-refractivity contribution in [3.63, 3.8) is 0 Å². The standard InChI is InChI=1S/C10H15FN2S/c1-7-6-14-9(13-7)5-10(11)3-2-8(12)4-10/h6,8H,2-5,12H2,1H3. The first-order valence-electron chi connectivity index (χ1n) is 4.93. The van der Waals surface area contributed by atoms with Crippen molar-refractivity contribution in [3.05, 3.63) is 16.1 Å². The van der Waals surface area contributed by atoms with Crippen molar-refractivity contribution in [1.82, 2.24) is 4.98 Å². The monoisotopic (exact) mass is 214 g/mol. The van der Waals surface area contributed by atoms with Gasteiger partial charge in [0.2, 0.25) is 0 Å². The molecule has 2 atom stereocenters. The van der Waals surface area contributed by atoms with Crippen molar-refractivity contribution in [2.24, 2.45) is 5.73 Å². The minimum absolute atomic E-state index is 0.0426. The van der Waals surface area contributed by atoms with Gasteiger partial charge in [-0.15, -0.1) is 11.3 Å². The lowest BCUT2D eigenvalue weighted by Crippen LogP contribution is -2.25. The van der Waals surface area contributed by atoms with E-state index < -0.39 is 5.67 Å². The molecule has 14 heavy (non-hydrogen) atoms. The van der Waals surface area contributed by atoms with Crippen LogP contribution in [0.4, 0.5) is 4.39 Å². The molecule has 1 heterocycles. The normalized spacial score (nSPS) is 32.4. The summed E-state index contributed by atoms with van der Waals surface area (Å²) in [5, 5.41) is 2.87. The molecule has 2 nitrogen and oxygen atoms in total. The quantitative estimate of drug-likeness (QED) is 0.819. The zero-order valence-corrected chi connectivity index (χ0v) is 9.11. The van der Waals surface area contributed by atoms with E-state index in [9.17, 15) is 4.39 Å². The summed E-state index contributed by atoms with van der Waals surface area (Å²) in [6.45, 7) is 1.94. The van der Waals surface area contributed by atoms with Crippen LogP contribution >= 0.6 is 11.3 Å². The summed E-state index contributed by atoms with van der Waals surface area (Å²) in [5.74, 6) is 0. The molecular weight excluding hydrogens is 199 g/mol. The predicted octanol–water partition coefficient (Wildman–Crippen LogP) is 2.21. The first kappa shape index (κ1) is 10.1. The van der Waals surface area contributed by atoms with Crippen LogP contribution < -0.4 is 5.73 Å². The highest BCUT2D eigenvalue weighted by Crippen LogP contribution is 2.36. The maximum Gasteiger partial charge on any atom is 0.119 e. The largest absolute Gasteiger partial charge is 0.328 e. The Balaban J connectivity index is 2.03. The summed E-state index contributed by atoms with van der Waals surface area (Å²) in [6.07, 6.45) is 2.33. The summed E-state index contributed by atoms with van der Waals surface area (Å²) in [6, 6.07) is 0.0426. The van der Waals surface area contributed by atoms with Crippen molar-refractivity contribution in [1.29, 1.82) is 0 Å². The highest BCUT2D eigenvalue weighted by Gasteiger charge is 2.38. The van der Waals surface area contributed by atoms with Crippen molar-refractivity contribution in [2.45, 2.75) is 44.3 Å². The van der Waals surface area contributed by atoms with Crippen LogP contribution in [0.3, 0.4) is 0 Å². The molecule has 2 unspecified atom stereocenters. The van der Waals surface area contributed by atoms with E-state index in [4.69, 9.17) is 5.73 Å². The Morgan fingerprint density at radius 1 is 1.79 bits per heavy atom. The fourth-order valence-corrected chi connectivity index (χ4v) is 2.93. The molecule has 0 amide bonds. The Morgan fingerprint density at radius 3 is 3.07 bits per heavy atom. The van der Waals surface area contributed by atoms with Crippen LogP contribution in [0, 0.1) is 6.92 Å². The zero-order valence-electron chi connectivity index (χ0n) is 8.29. The predicted molar refractivity (Wildman–Crippen MR) is 56.2 cm³/mol. The van der Waals surface area contributed by atoms with Gasteiger partial charge in [-0.1, -0.05) is 0 Å². The van der Waals surface area contributed by atoms with E-state index >= 15 is 0 Å². The molecule has 0 radical (unpaired) electrons. The highest BCUT2D eigenvalue weighted by atomic mass is 32.1. The second-order valence-electron chi connectivity index (χ2n) is 4.21. The summed E-state index contributed by atoms with van der Waals surface area (Å²) < 4.78 is 14.1. The highest BCUT2D eigenvalue weighted by molar-refractivity contribution is 7.09. The number of aryl methyl sites for hydroxylation is 1. The third-order valence-electron chi connectivity index (χ3n) is 2.73. The van der Waals surface area contributed by atoms with Gasteiger partial charge < -0.3 is 5.73 Å². The maximum atomic E-state index is 14.1. The lowest BCUT2D eigenvalue weighted by atomic mass is 10.0. The van der Waals surface area contributed by atoms with Gasteiger partial charge in [-0.2, -0.15) is 0 Å². The van der Waals surface area contributed by atoms with Crippen LogP contribution in [0.2, 0.25) is 0 Å². The molecule has 0 spiro atoms. The second-order valence-corrected chi connectivity index (χ2v) is 5.16. The van der Waals surface area contributed by atoms with Gasteiger partial charge in [0.1, 0.15) is 5.67 Å². The lowest BCUT2D eigenvalue weighted by molar-refractivity contribution is 0.170. The number of halogens is 1. The van der Waals surface area contributed by atoms with Crippen LogP contribution in [0.1, 0.15) is 30.0 Å². The molecule has 0 aromatic carbocycles. The van der Waals surface area contributed by atoms with Gasteiger partial charge in [0, 0.05) is 23.5 Å². The van der Waals surface area contributed by atoms with Crippen molar-refractivity contribution in [3.8, 4) is 0 Å². The molecule has 1 aliphatic carbocycles. The van der Waals surface area contributed by atoms with Crippen molar-refractivity contribution >= 4 is 11.3 Å². The maximum absolute atomic E-state index is 14.1. The third kappa shape index (κ3) is 2.12. The van der Waals surface area contributed by atoms with E-state index in [1.807, 2.05) is 12.3 Å². The van der Waals surface area contributed by atoms with E-state index in [0.29, 0.717) is 19.3 Å². The average molecular weight is 214 g/mol. The van der Waals surface area contributed by atoms with Gasteiger partial charge in [-0.25, -0.2) is 9.37 Å². The summed E-state index contributed by atoms with van der Waals surface area (Å²) in [5.41, 5.74) is 5.60. The Kier molecular flexibility index (Phi) is 2.58. The minimum atomic E-state index is -1.09. The molecule has 1 aromatic heterocycles. The fraction of sp³-hybridized carbons (Fsp3) is 0.700. The molecule has 0 saturated heterocycles. The van der Waals surface area contributed by atoms with Gasteiger partial charge >= 0.3 is 0 Å². The van der Waals surface area contributed by atoms with Gasteiger partial charge in [0.25, 0.3) is 0 Å². The van der Waals surface area contributed by atoms with Gasteiger partial charge in [0.05, 0.1) is 5.01 Å². The number of alkyl halides is 1. The molecule has 78 valence electrons. The number of aromatic nitrogens is 1. The summed E-state index contributed by atoms with van der Waals surface area (Å²) in [4.78, 5) is 4.28. The van der Waals surface area contributed by atoms with Crippen LogP contribution in [0.25, 0.3) is 0 Å². The first-order valence-corrected chi connectivity index (χ1v) is 5.81. The molecule has 1 fully saturated rings. The molecule has 2 rings (SSSR count). The van der Waals surface area contributed by atoms with Crippen LogP contribution in [-0.2, 0) is 6.42 Å². The average Bonchev–Trinajstić information content (AvgIpc) is 2.60. The van der Waals surface area contributed by atoms with Crippen LogP contribution in [0.5, 0.6) is 0 Å². The smallest absolute Gasteiger partial charge is 0.119 e. The Hall–Kier alpha value is -0.480. The Morgan fingerprint density at radius 2 is 2.57 bits per heavy atom. The van der Waals surface area contributed by atoms with Crippen LogP contribution in [0.15, 0.2) is 5.38 Å². The molecule has 1 saturated carbocycles. The minimum Gasteiger partial charge on any atom is -0.328 e. The molecular formula is C10H15FN2S. The molecule has 4 heteroatoms. The molecule has 0 aliphatic heterocycles. The Labute approximate surface area is 87.3 Å². The summed E-state index contributed by atoms with van der Waals surface area (Å²) in [7, 11) is 0. The summed E-state index contributed by atoms with van der Waals surface area (Å²) >= 11 is 1.54. The van der Waals surface area contributed by atoms with E-state index in [1.54, 1.807) is 11.3 Å². The Bertz CT molecular complexity index is 326. The zero-order chi connectivity index (χ0) is 10.2. The second kappa shape index (κ2) is 3.59. The van der Waals surface area contributed by atoms with E-state index in [0.717, 1.165) is 17.1 Å². The number of hydrogen-bond donors (Lipinski definition) is 1. The number of nitrogens with zero attached hydrogens (tertiary/aromatic N) is 1. The lowest BCUT2D eigenvalue weighted by Gasteiger charge is -2.17. The van der Waals surface area contributed by atoms with Crippen molar-refractivity contribution in [2.75, 3.05) is 0 Å². The fourth-order valence-electron chi connectivity index (χ4n) is 2.03. The molecule has 1 aliphatic rings. The van der Waals surface area contributed by atoms with Gasteiger partial charge in [-0.3, -0.25) is 0 Å². The number of thiazole rings is 1. The van der Waals surface area contributed by atoms with Gasteiger partial charge in [0.15, 0.2) is 0 Å². The number of nitrogens with two attached hydrogens (primary N) is 1. The molecule has 0 bridgehead atoms. The number of rotatable bonds is 2. The topological polar surface area (TPSA) is 38.9 Å². The molecule has 2 N–H and O–H groups in total. The SMILES string of the molecule is Cc1csc(CC2(F)CCC(N)C2)n1. The third-order valence-corrected chi connectivity index (χ3v) is 3.69. The molecule has 1 aromatic rings. The van der Waals surface area contributed by atoms with Crippen LogP contribution in [-0.4, -0.2) is 16.7 Å². The van der Waals surface area contributed by atoms with Crippen molar-refractivity contribution < 1.29 is 4.39 Å². The van der Waals surface area contributed by atoms with E-state index in [-0.39, 0.29) is 6.04 Å².